The van der Waals surface area contributed by atoms with E-state index in [4.69, 9.17) is 11.6 Å². The molecule has 0 saturated heterocycles. The van der Waals surface area contributed by atoms with E-state index in [9.17, 15) is 4.39 Å². The summed E-state index contributed by atoms with van der Waals surface area (Å²) >= 11 is 7.79. The van der Waals surface area contributed by atoms with Gasteiger partial charge >= 0.3 is 0 Å². The molecule has 0 fully saturated rings. The van der Waals surface area contributed by atoms with Gasteiger partial charge in [0.05, 0.1) is 5.02 Å². The number of hydrogen-bond acceptors (Lipinski definition) is 2. The van der Waals surface area contributed by atoms with Gasteiger partial charge < -0.3 is 5.32 Å². The second kappa shape index (κ2) is 5.40. The summed E-state index contributed by atoms with van der Waals surface area (Å²) in [6, 6.07) is 3.60. The maximum Gasteiger partial charge on any atom is 0.142 e. The first-order valence-electron chi connectivity index (χ1n) is 6.31. The summed E-state index contributed by atoms with van der Waals surface area (Å²) in [7, 11) is 0. The van der Waals surface area contributed by atoms with Crippen molar-refractivity contribution in [2.75, 3.05) is 6.54 Å². The lowest BCUT2D eigenvalue weighted by atomic mass is 9.91. The summed E-state index contributed by atoms with van der Waals surface area (Å²) < 4.78 is 13.6. The van der Waals surface area contributed by atoms with Crippen LogP contribution in [0.5, 0.6) is 0 Å². The zero-order chi connectivity index (χ0) is 13.3. The molecule has 0 radical (unpaired) electrons. The minimum Gasteiger partial charge on any atom is -0.309 e. The van der Waals surface area contributed by atoms with Gasteiger partial charge in [-0.15, -0.1) is 11.8 Å². The Labute approximate surface area is 117 Å². The zero-order valence-electron chi connectivity index (χ0n) is 11.0. The van der Waals surface area contributed by atoms with Crippen LogP contribution < -0.4 is 5.32 Å². The minimum atomic E-state index is -0.315. The predicted octanol–water partition coefficient (Wildman–Crippen LogP) is 4.55. The molecule has 1 N–H and O–H groups in total. The van der Waals surface area contributed by atoms with E-state index in [1.54, 1.807) is 12.1 Å². The van der Waals surface area contributed by atoms with E-state index < -0.39 is 0 Å². The number of benzene rings is 1. The quantitative estimate of drug-likeness (QED) is 0.875. The third kappa shape index (κ3) is 2.68. The fraction of sp³-hybridized carbons (Fsp3) is 0.571. The standard InChI is InChI=1S/C14H19ClFNS/c1-4-5-17-13-10-7-11(15)12(16)6-9(10)8-18-14(13,2)3/h6-7,13,17H,4-5,8H2,1-3H3. The molecule has 2 rings (SSSR count). The van der Waals surface area contributed by atoms with Crippen molar-refractivity contribution >= 4 is 23.4 Å². The SMILES string of the molecule is CCCNC1c2cc(Cl)c(F)cc2CSC1(C)C. The van der Waals surface area contributed by atoms with Gasteiger partial charge in [0.1, 0.15) is 5.82 Å². The van der Waals surface area contributed by atoms with Crippen LogP contribution in [0, 0.1) is 5.82 Å². The maximum absolute atomic E-state index is 13.5. The predicted molar refractivity (Wildman–Crippen MR) is 77.8 cm³/mol. The van der Waals surface area contributed by atoms with E-state index >= 15 is 0 Å². The van der Waals surface area contributed by atoms with Crippen molar-refractivity contribution in [3.63, 3.8) is 0 Å². The lowest BCUT2D eigenvalue weighted by Crippen LogP contribution is -2.40. The molecular weight excluding hydrogens is 269 g/mol. The molecule has 1 aliphatic rings. The lowest BCUT2D eigenvalue weighted by Gasteiger charge is -2.40. The number of halogens is 2. The zero-order valence-corrected chi connectivity index (χ0v) is 12.6. The highest BCUT2D eigenvalue weighted by Crippen LogP contribution is 2.46. The maximum atomic E-state index is 13.5. The van der Waals surface area contributed by atoms with Crippen LogP contribution in [-0.2, 0) is 5.75 Å². The molecule has 0 spiro atoms. The van der Waals surface area contributed by atoms with E-state index in [2.05, 4.69) is 26.1 Å². The number of rotatable bonds is 3. The smallest absolute Gasteiger partial charge is 0.142 e. The Bertz CT molecular complexity index is 448. The molecule has 0 aliphatic carbocycles. The van der Waals surface area contributed by atoms with Crippen LogP contribution in [0.1, 0.15) is 44.4 Å². The van der Waals surface area contributed by atoms with Crippen molar-refractivity contribution in [3.05, 3.63) is 34.1 Å². The Hall–Kier alpha value is -0.250. The Kier molecular flexibility index (Phi) is 4.25. The van der Waals surface area contributed by atoms with Crippen LogP contribution >= 0.6 is 23.4 Å². The first-order valence-corrected chi connectivity index (χ1v) is 7.67. The number of thioether (sulfide) groups is 1. The van der Waals surface area contributed by atoms with Crippen molar-refractivity contribution in [1.82, 2.24) is 5.32 Å². The minimum absolute atomic E-state index is 0.101. The molecule has 1 aromatic rings. The molecule has 0 saturated carbocycles. The van der Waals surface area contributed by atoms with Crippen LogP contribution in [0.2, 0.25) is 5.02 Å². The van der Waals surface area contributed by atoms with E-state index in [1.165, 1.54) is 0 Å². The topological polar surface area (TPSA) is 12.0 Å². The summed E-state index contributed by atoms with van der Waals surface area (Å²) in [5, 5.41) is 3.78. The van der Waals surface area contributed by atoms with Crippen LogP contribution in [0.15, 0.2) is 12.1 Å². The van der Waals surface area contributed by atoms with Gasteiger partial charge in [-0.25, -0.2) is 4.39 Å². The first kappa shape index (κ1) is 14.2. The van der Waals surface area contributed by atoms with Crippen LogP contribution in [0.4, 0.5) is 4.39 Å². The van der Waals surface area contributed by atoms with Crippen LogP contribution in [0.25, 0.3) is 0 Å². The Balaban J connectivity index is 2.40. The molecule has 1 atom stereocenters. The molecular formula is C14H19ClFNS. The Morgan fingerprint density at radius 3 is 2.89 bits per heavy atom. The summed E-state index contributed by atoms with van der Waals surface area (Å²) in [6.07, 6.45) is 1.08. The fourth-order valence-corrected chi connectivity index (χ4v) is 3.69. The average molecular weight is 288 g/mol. The van der Waals surface area contributed by atoms with E-state index in [-0.39, 0.29) is 21.6 Å². The Morgan fingerprint density at radius 2 is 2.22 bits per heavy atom. The molecule has 18 heavy (non-hydrogen) atoms. The van der Waals surface area contributed by atoms with Gasteiger partial charge in [-0.05, 0) is 50.1 Å². The van der Waals surface area contributed by atoms with E-state index in [0.717, 1.165) is 29.8 Å². The largest absolute Gasteiger partial charge is 0.309 e. The van der Waals surface area contributed by atoms with Crippen molar-refractivity contribution in [3.8, 4) is 0 Å². The lowest BCUT2D eigenvalue weighted by molar-refractivity contribution is 0.438. The van der Waals surface area contributed by atoms with E-state index in [0.29, 0.717) is 0 Å². The number of nitrogens with one attached hydrogen (secondary N) is 1. The molecule has 100 valence electrons. The van der Waals surface area contributed by atoms with Gasteiger partial charge in [-0.3, -0.25) is 0 Å². The van der Waals surface area contributed by atoms with Gasteiger partial charge in [0.2, 0.25) is 0 Å². The fourth-order valence-electron chi connectivity index (χ4n) is 2.36. The normalized spacial score (nSPS) is 21.7. The third-order valence-corrected chi connectivity index (χ3v) is 5.11. The van der Waals surface area contributed by atoms with Crippen molar-refractivity contribution in [1.29, 1.82) is 0 Å². The highest BCUT2D eigenvalue weighted by atomic mass is 35.5. The second-order valence-electron chi connectivity index (χ2n) is 5.24. The molecule has 0 aromatic heterocycles. The molecule has 1 aromatic carbocycles. The third-order valence-electron chi connectivity index (χ3n) is 3.39. The van der Waals surface area contributed by atoms with Crippen molar-refractivity contribution < 1.29 is 4.39 Å². The second-order valence-corrected chi connectivity index (χ2v) is 7.28. The monoisotopic (exact) mass is 287 g/mol. The highest BCUT2D eigenvalue weighted by Gasteiger charge is 2.36. The summed E-state index contributed by atoms with van der Waals surface area (Å²) in [5.74, 6) is 0.533. The molecule has 1 nitrogen and oxygen atoms in total. The summed E-state index contributed by atoms with van der Waals surface area (Å²) in [6.45, 7) is 7.56. The van der Waals surface area contributed by atoms with Crippen LogP contribution in [-0.4, -0.2) is 11.3 Å². The van der Waals surface area contributed by atoms with Gasteiger partial charge in [-0.2, -0.15) is 0 Å². The van der Waals surface area contributed by atoms with Gasteiger partial charge in [0.25, 0.3) is 0 Å². The number of hydrogen-bond donors (Lipinski definition) is 1. The Morgan fingerprint density at radius 1 is 1.50 bits per heavy atom. The van der Waals surface area contributed by atoms with Crippen molar-refractivity contribution in [2.45, 2.75) is 43.7 Å². The average Bonchev–Trinajstić information content (AvgIpc) is 2.30. The molecule has 1 aliphatic heterocycles. The highest BCUT2D eigenvalue weighted by molar-refractivity contribution is 8.00. The number of fused-ring (bicyclic) bond motifs is 1. The molecule has 4 heteroatoms. The molecule has 1 unspecified atom stereocenters. The van der Waals surface area contributed by atoms with Gasteiger partial charge in [-0.1, -0.05) is 18.5 Å². The van der Waals surface area contributed by atoms with Gasteiger partial charge in [0.15, 0.2) is 0 Å². The molecule has 1 heterocycles. The first-order chi connectivity index (χ1) is 8.45. The van der Waals surface area contributed by atoms with Gasteiger partial charge in [0, 0.05) is 16.5 Å². The molecule has 0 amide bonds. The molecule has 0 bridgehead atoms. The van der Waals surface area contributed by atoms with Crippen LogP contribution in [0.3, 0.4) is 0 Å². The summed E-state index contributed by atoms with van der Waals surface area (Å²) in [4.78, 5) is 0. The summed E-state index contributed by atoms with van der Waals surface area (Å²) in [5.41, 5.74) is 2.22. The van der Waals surface area contributed by atoms with Crippen molar-refractivity contribution in [2.24, 2.45) is 0 Å². The van der Waals surface area contributed by atoms with E-state index in [1.807, 2.05) is 11.8 Å².